The molecule has 0 radical (unpaired) electrons. The first-order valence-corrected chi connectivity index (χ1v) is 4.47. The molecule has 13 heavy (non-hydrogen) atoms. The molecule has 0 bridgehead atoms. The molecule has 0 spiro atoms. The van der Waals surface area contributed by atoms with E-state index >= 15 is 0 Å². The highest BCUT2D eigenvalue weighted by molar-refractivity contribution is 6.00. The number of carbonyl (C=O) groups is 1. The first-order valence-electron chi connectivity index (χ1n) is 4.47. The summed E-state index contributed by atoms with van der Waals surface area (Å²) in [5.41, 5.74) is 0.287. The maximum absolute atomic E-state index is 11.6. The van der Waals surface area contributed by atoms with Gasteiger partial charge in [-0.05, 0) is 12.8 Å². The SMILES string of the molecule is CN(C)/C=C(\C#N)C(=O)C1CCC1. The Kier molecular flexibility index (Phi) is 3.07. The number of hydrogen-bond donors (Lipinski definition) is 0. The van der Waals surface area contributed by atoms with Crippen LogP contribution in [0.1, 0.15) is 19.3 Å². The second-order valence-corrected chi connectivity index (χ2v) is 3.61. The fourth-order valence-electron chi connectivity index (χ4n) is 1.30. The fraction of sp³-hybridized carbons (Fsp3) is 0.600. The molecule has 0 aromatic carbocycles. The average molecular weight is 178 g/mol. The summed E-state index contributed by atoms with van der Waals surface area (Å²) in [4.78, 5) is 13.3. The summed E-state index contributed by atoms with van der Waals surface area (Å²) in [6, 6.07) is 1.95. The summed E-state index contributed by atoms with van der Waals surface area (Å²) in [7, 11) is 3.62. The summed E-state index contributed by atoms with van der Waals surface area (Å²) in [5.74, 6) is 0.133. The molecule has 1 aliphatic rings. The zero-order valence-electron chi connectivity index (χ0n) is 8.08. The number of nitriles is 1. The van der Waals surface area contributed by atoms with E-state index in [0.717, 1.165) is 19.3 Å². The quantitative estimate of drug-likeness (QED) is 0.483. The minimum Gasteiger partial charge on any atom is -0.382 e. The van der Waals surface area contributed by atoms with E-state index < -0.39 is 0 Å². The van der Waals surface area contributed by atoms with Crippen molar-refractivity contribution in [3.05, 3.63) is 11.8 Å². The van der Waals surface area contributed by atoms with E-state index in [1.54, 1.807) is 11.1 Å². The molecule has 3 heteroatoms. The Balaban J connectivity index is 2.66. The summed E-state index contributed by atoms with van der Waals surface area (Å²) < 4.78 is 0. The van der Waals surface area contributed by atoms with Crippen molar-refractivity contribution in [2.75, 3.05) is 14.1 Å². The van der Waals surface area contributed by atoms with Gasteiger partial charge in [0, 0.05) is 26.2 Å². The maximum atomic E-state index is 11.6. The lowest BCUT2D eigenvalue weighted by Crippen LogP contribution is -2.24. The molecule has 0 atom stereocenters. The number of Topliss-reactive ketones (excluding diaryl/α,β-unsaturated/α-hetero) is 1. The molecule has 0 heterocycles. The molecule has 1 fully saturated rings. The Morgan fingerprint density at radius 2 is 2.15 bits per heavy atom. The lowest BCUT2D eigenvalue weighted by Gasteiger charge is -2.23. The molecule has 0 saturated heterocycles. The topological polar surface area (TPSA) is 44.1 Å². The Bertz CT molecular complexity index is 269. The van der Waals surface area contributed by atoms with Crippen LogP contribution in [0.25, 0.3) is 0 Å². The highest BCUT2D eigenvalue weighted by atomic mass is 16.1. The Morgan fingerprint density at radius 3 is 2.46 bits per heavy atom. The van der Waals surface area contributed by atoms with E-state index in [4.69, 9.17) is 5.26 Å². The molecule has 70 valence electrons. The standard InChI is InChI=1S/C10H14N2O/c1-12(2)7-9(6-11)10(13)8-4-3-5-8/h7-8H,3-5H2,1-2H3/b9-7+. The van der Waals surface area contributed by atoms with E-state index in [9.17, 15) is 4.79 Å². The minimum atomic E-state index is 0.0162. The second kappa shape index (κ2) is 4.08. The van der Waals surface area contributed by atoms with Gasteiger partial charge in [0.15, 0.2) is 5.78 Å². The first kappa shape index (κ1) is 9.79. The van der Waals surface area contributed by atoms with Crippen molar-refractivity contribution in [3.63, 3.8) is 0 Å². The molecule has 0 unspecified atom stereocenters. The smallest absolute Gasteiger partial charge is 0.177 e. The molecule has 1 rings (SSSR count). The molecule has 0 N–H and O–H groups in total. The van der Waals surface area contributed by atoms with Gasteiger partial charge >= 0.3 is 0 Å². The molecule has 0 aliphatic heterocycles. The van der Waals surface area contributed by atoms with Crippen molar-refractivity contribution >= 4 is 5.78 Å². The number of ketones is 1. The molecular weight excluding hydrogens is 164 g/mol. The molecule has 1 aliphatic carbocycles. The molecule has 3 nitrogen and oxygen atoms in total. The predicted molar refractivity (Wildman–Crippen MR) is 49.7 cm³/mol. The fourth-order valence-corrected chi connectivity index (χ4v) is 1.30. The van der Waals surface area contributed by atoms with Gasteiger partial charge in [0.25, 0.3) is 0 Å². The van der Waals surface area contributed by atoms with Gasteiger partial charge in [-0.2, -0.15) is 5.26 Å². The Labute approximate surface area is 78.6 Å². The van der Waals surface area contributed by atoms with Crippen LogP contribution in [0.5, 0.6) is 0 Å². The van der Waals surface area contributed by atoms with Gasteiger partial charge in [0.1, 0.15) is 11.6 Å². The monoisotopic (exact) mass is 178 g/mol. The van der Waals surface area contributed by atoms with Crippen molar-refractivity contribution in [1.29, 1.82) is 5.26 Å². The lowest BCUT2D eigenvalue weighted by molar-refractivity contribution is -0.121. The number of carbonyl (C=O) groups excluding carboxylic acids is 1. The van der Waals surface area contributed by atoms with Crippen LogP contribution in [0.3, 0.4) is 0 Å². The maximum Gasteiger partial charge on any atom is 0.177 e. The predicted octanol–water partition coefficient (Wildman–Crippen LogP) is 1.32. The van der Waals surface area contributed by atoms with Crippen LogP contribution >= 0.6 is 0 Å². The van der Waals surface area contributed by atoms with Gasteiger partial charge in [-0.3, -0.25) is 4.79 Å². The third-order valence-electron chi connectivity index (χ3n) is 2.25. The molecular formula is C10H14N2O. The van der Waals surface area contributed by atoms with Crippen molar-refractivity contribution in [2.45, 2.75) is 19.3 Å². The Hall–Kier alpha value is -1.30. The van der Waals surface area contributed by atoms with E-state index in [-0.39, 0.29) is 17.3 Å². The van der Waals surface area contributed by atoms with Crippen molar-refractivity contribution in [3.8, 4) is 6.07 Å². The van der Waals surface area contributed by atoms with Gasteiger partial charge in [-0.1, -0.05) is 6.42 Å². The lowest BCUT2D eigenvalue weighted by atomic mass is 9.80. The van der Waals surface area contributed by atoms with Crippen LogP contribution in [0.15, 0.2) is 11.8 Å². The van der Waals surface area contributed by atoms with E-state index in [2.05, 4.69) is 0 Å². The number of rotatable bonds is 3. The van der Waals surface area contributed by atoms with Crippen LogP contribution in [0, 0.1) is 17.2 Å². The summed E-state index contributed by atoms with van der Waals surface area (Å²) in [5, 5.41) is 8.75. The molecule has 0 aromatic heterocycles. The van der Waals surface area contributed by atoms with Gasteiger partial charge < -0.3 is 4.90 Å². The van der Waals surface area contributed by atoms with E-state index in [0.29, 0.717) is 0 Å². The van der Waals surface area contributed by atoms with Crippen LogP contribution in [-0.2, 0) is 4.79 Å². The van der Waals surface area contributed by atoms with E-state index in [1.165, 1.54) is 0 Å². The molecule has 0 aromatic rings. The number of hydrogen-bond acceptors (Lipinski definition) is 3. The van der Waals surface area contributed by atoms with Gasteiger partial charge in [-0.25, -0.2) is 0 Å². The summed E-state index contributed by atoms with van der Waals surface area (Å²) >= 11 is 0. The Morgan fingerprint density at radius 1 is 1.54 bits per heavy atom. The first-order chi connectivity index (χ1) is 6.15. The summed E-state index contributed by atoms with van der Waals surface area (Å²) in [6.07, 6.45) is 4.62. The van der Waals surface area contributed by atoms with Crippen LogP contribution in [0.2, 0.25) is 0 Å². The van der Waals surface area contributed by atoms with Gasteiger partial charge in [-0.15, -0.1) is 0 Å². The molecule has 0 amide bonds. The van der Waals surface area contributed by atoms with Crippen LogP contribution < -0.4 is 0 Å². The highest BCUT2D eigenvalue weighted by Gasteiger charge is 2.27. The second-order valence-electron chi connectivity index (χ2n) is 3.61. The third-order valence-corrected chi connectivity index (χ3v) is 2.25. The van der Waals surface area contributed by atoms with Crippen LogP contribution in [0.4, 0.5) is 0 Å². The minimum absolute atomic E-state index is 0.0162. The van der Waals surface area contributed by atoms with Crippen LogP contribution in [-0.4, -0.2) is 24.8 Å². The normalized spacial score (nSPS) is 17.5. The van der Waals surface area contributed by atoms with Gasteiger partial charge in [0.05, 0.1) is 0 Å². The zero-order chi connectivity index (χ0) is 9.84. The zero-order valence-corrected chi connectivity index (χ0v) is 8.08. The highest BCUT2D eigenvalue weighted by Crippen LogP contribution is 2.29. The number of allylic oxidation sites excluding steroid dienone is 1. The van der Waals surface area contributed by atoms with Crippen molar-refractivity contribution < 1.29 is 4.79 Å². The third kappa shape index (κ3) is 2.32. The summed E-state index contributed by atoms with van der Waals surface area (Å²) in [6.45, 7) is 0. The largest absolute Gasteiger partial charge is 0.382 e. The van der Waals surface area contributed by atoms with Crippen molar-refractivity contribution in [2.24, 2.45) is 5.92 Å². The average Bonchev–Trinajstić information content (AvgIpc) is 1.96. The number of nitrogens with zero attached hydrogens (tertiary/aromatic N) is 2. The molecule has 1 saturated carbocycles. The van der Waals surface area contributed by atoms with Gasteiger partial charge in [0.2, 0.25) is 0 Å². The van der Waals surface area contributed by atoms with Crippen molar-refractivity contribution in [1.82, 2.24) is 4.90 Å². The van der Waals surface area contributed by atoms with E-state index in [1.807, 2.05) is 20.2 Å².